The molecule has 2 unspecified atom stereocenters. The molecule has 2 nitrogen and oxygen atoms in total. The van der Waals surface area contributed by atoms with E-state index in [2.05, 4.69) is 95.2 Å². The van der Waals surface area contributed by atoms with Crippen molar-refractivity contribution in [2.24, 2.45) is 33.0 Å². The average Bonchev–Trinajstić information content (AvgIpc) is 2.82. The predicted octanol–water partition coefficient (Wildman–Crippen LogP) is 8.91. The molecule has 0 aliphatic heterocycles. The minimum absolute atomic E-state index is 0.0837. The van der Waals surface area contributed by atoms with Crippen molar-refractivity contribution in [1.29, 1.82) is 0 Å². The molecule has 0 aromatic heterocycles. The Labute approximate surface area is 205 Å². The zero-order valence-corrected chi connectivity index (χ0v) is 24.0. The fraction of sp³-hybridized carbons (Fsp3) is 0.742. The van der Waals surface area contributed by atoms with E-state index in [9.17, 15) is 9.59 Å². The highest BCUT2D eigenvalue weighted by Gasteiger charge is 2.51. The van der Waals surface area contributed by atoms with Crippen molar-refractivity contribution in [3.05, 3.63) is 35.5 Å². The summed E-state index contributed by atoms with van der Waals surface area (Å²) in [5.74, 6) is 1.27. The molecule has 2 aliphatic carbocycles. The molecular weight excluding hydrogens is 404 g/mol. The van der Waals surface area contributed by atoms with E-state index in [1.807, 2.05) is 19.1 Å². The van der Waals surface area contributed by atoms with E-state index < -0.39 is 0 Å². The highest BCUT2D eigenvalue weighted by molar-refractivity contribution is 5.97. The Bertz CT molecular complexity index is 818. The predicted molar refractivity (Wildman–Crippen MR) is 143 cm³/mol. The van der Waals surface area contributed by atoms with Gasteiger partial charge in [-0.2, -0.15) is 0 Å². The van der Waals surface area contributed by atoms with Gasteiger partial charge < -0.3 is 0 Å². The summed E-state index contributed by atoms with van der Waals surface area (Å²) >= 11 is 0. The molecule has 0 N–H and O–H groups in total. The summed E-state index contributed by atoms with van der Waals surface area (Å²) in [5, 5.41) is 0. The number of hydrogen-bond donors (Lipinski definition) is 0. The number of ketones is 2. The van der Waals surface area contributed by atoms with Gasteiger partial charge in [0.2, 0.25) is 0 Å². The maximum atomic E-state index is 12.5. The lowest BCUT2D eigenvalue weighted by atomic mass is 9.66. The van der Waals surface area contributed by atoms with Crippen LogP contribution in [-0.2, 0) is 9.59 Å². The maximum absolute atomic E-state index is 12.5. The number of carbonyl (C=O) groups is 2. The van der Waals surface area contributed by atoms with Crippen LogP contribution in [0.1, 0.15) is 116 Å². The minimum Gasteiger partial charge on any atom is -0.295 e. The van der Waals surface area contributed by atoms with Crippen molar-refractivity contribution in [2.75, 3.05) is 0 Å². The Morgan fingerprint density at radius 1 is 0.909 bits per heavy atom. The van der Waals surface area contributed by atoms with E-state index >= 15 is 0 Å². The Morgan fingerprint density at radius 2 is 1.42 bits per heavy atom. The zero-order chi connectivity index (χ0) is 26.0. The minimum atomic E-state index is -0.186. The molecule has 2 heteroatoms. The molecule has 0 spiro atoms. The largest absolute Gasteiger partial charge is 0.295 e. The van der Waals surface area contributed by atoms with Gasteiger partial charge in [-0.1, -0.05) is 101 Å². The van der Waals surface area contributed by atoms with Crippen LogP contribution in [0.2, 0.25) is 0 Å². The second-order valence-corrected chi connectivity index (χ2v) is 14.3. The maximum Gasteiger partial charge on any atom is 0.161 e. The molecule has 2 rings (SSSR count). The van der Waals surface area contributed by atoms with Crippen LogP contribution in [0, 0.1) is 33.0 Å². The van der Waals surface area contributed by atoms with Crippen molar-refractivity contribution in [3.63, 3.8) is 0 Å². The van der Waals surface area contributed by atoms with Gasteiger partial charge in [-0.05, 0) is 71.0 Å². The lowest BCUT2D eigenvalue weighted by molar-refractivity contribution is -0.127. The lowest BCUT2D eigenvalue weighted by Crippen LogP contribution is -2.36. The summed E-state index contributed by atoms with van der Waals surface area (Å²) < 4.78 is 0. The summed E-state index contributed by atoms with van der Waals surface area (Å²) in [6.07, 6.45) is 12.1. The number of carbonyl (C=O) groups excluding carboxylic acids is 2. The first-order valence-electron chi connectivity index (χ1n) is 12.8. The molecule has 0 aromatic carbocycles. The van der Waals surface area contributed by atoms with Crippen LogP contribution in [0.4, 0.5) is 0 Å². The van der Waals surface area contributed by atoms with E-state index in [-0.39, 0.29) is 27.1 Å². The van der Waals surface area contributed by atoms with Crippen LogP contribution in [0.25, 0.3) is 0 Å². The van der Waals surface area contributed by atoms with E-state index in [0.717, 1.165) is 24.8 Å². The van der Waals surface area contributed by atoms with Crippen molar-refractivity contribution >= 4 is 11.6 Å². The van der Waals surface area contributed by atoms with Gasteiger partial charge in [0.25, 0.3) is 0 Å². The van der Waals surface area contributed by atoms with Gasteiger partial charge in [0.15, 0.2) is 11.6 Å². The second-order valence-electron chi connectivity index (χ2n) is 14.3. The van der Waals surface area contributed by atoms with Crippen LogP contribution in [0.5, 0.6) is 0 Å². The second kappa shape index (κ2) is 10.0. The normalized spacial score (nSPS) is 27.8. The molecular formula is C31H52O2. The molecule has 0 radical (unpaired) electrons. The fourth-order valence-corrected chi connectivity index (χ4v) is 5.18. The zero-order valence-electron chi connectivity index (χ0n) is 24.0. The van der Waals surface area contributed by atoms with Crippen LogP contribution in [0.15, 0.2) is 35.5 Å². The Hall–Kier alpha value is -1.44. The fourth-order valence-electron chi connectivity index (χ4n) is 5.18. The Balaban J connectivity index is 0.000000331. The van der Waals surface area contributed by atoms with Crippen molar-refractivity contribution in [2.45, 2.75) is 116 Å². The molecule has 0 aromatic rings. The standard InChI is InChI=1S/C16H28O.C15H24O/c1-12-10-15(5,6)16(7,11-12)13(17)8-9-14(2,3)4;1-11-12(7-9-14(2,3)4)15(5,6)10-8-13(11)16/h8-9,12H,10-11H2,1-7H3;7,9H,8,10H2,1-6H3/b9-8+;9-7+. The molecule has 2 aliphatic rings. The van der Waals surface area contributed by atoms with Gasteiger partial charge >= 0.3 is 0 Å². The van der Waals surface area contributed by atoms with Gasteiger partial charge in [0, 0.05) is 11.8 Å². The lowest BCUT2D eigenvalue weighted by Gasteiger charge is -2.36. The Morgan fingerprint density at radius 3 is 1.85 bits per heavy atom. The molecule has 0 heterocycles. The monoisotopic (exact) mass is 456 g/mol. The van der Waals surface area contributed by atoms with Crippen molar-refractivity contribution in [1.82, 2.24) is 0 Å². The number of hydrogen-bond acceptors (Lipinski definition) is 2. The summed E-state index contributed by atoms with van der Waals surface area (Å²) in [7, 11) is 0. The van der Waals surface area contributed by atoms with Gasteiger partial charge in [-0.3, -0.25) is 9.59 Å². The third-order valence-electron chi connectivity index (χ3n) is 7.67. The van der Waals surface area contributed by atoms with Gasteiger partial charge in [-0.25, -0.2) is 0 Å². The number of allylic oxidation sites excluding steroid dienone is 6. The summed E-state index contributed by atoms with van der Waals surface area (Å²) in [4.78, 5) is 24.2. The quantitative estimate of drug-likeness (QED) is 0.397. The first kappa shape index (κ1) is 29.6. The van der Waals surface area contributed by atoms with E-state index in [4.69, 9.17) is 0 Å². The van der Waals surface area contributed by atoms with Crippen LogP contribution >= 0.6 is 0 Å². The van der Waals surface area contributed by atoms with Gasteiger partial charge in [0.1, 0.15) is 0 Å². The first-order valence-corrected chi connectivity index (χ1v) is 12.8. The van der Waals surface area contributed by atoms with Crippen molar-refractivity contribution < 1.29 is 9.59 Å². The molecule has 0 bridgehead atoms. The first-order chi connectivity index (χ1) is 14.6. The highest BCUT2D eigenvalue weighted by Crippen LogP contribution is 2.55. The molecule has 188 valence electrons. The van der Waals surface area contributed by atoms with Crippen LogP contribution in [0.3, 0.4) is 0 Å². The SMILES string of the molecule is CC1=C(/C=C/C(C)(C)C)C(C)(C)CCC1=O.CC1CC(C)(C)C(C)(C(=O)/C=C/C(C)(C)C)C1. The van der Waals surface area contributed by atoms with E-state index in [1.165, 1.54) is 5.57 Å². The van der Waals surface area contributed by atoms with Gasteiger partial charge in [-0.15, -0.1) is 0 Å². The summed E-state index contributed by atoms with van der Waals surface area (Å²) in [5.41, 5.74) is 2.50. The third-order valence-corrected chi connectivity index (χ3v) is 7.67. The Kier molecular flexibility index (Phi) is 9.01. The summed E-state index contributed by atoms with van der Waals surface area (Å²) in [6.45, 7) is 28.2. The average molecular weight is 457 g/mol. The van der Waals surface area contributed by atoms with E-state index in [0.29, 0.717) is 23.9 Å². The number of rotatable bonds is 3. The molecule has 2 atom stereocenters. The smallest absolute Gasteiger partial charge is 0.161 e. The van der Waals surface area contributed by atoms with Crippen molar-refractivity contribution in [3.8, 4) is 0 Å². The van der Waals surface area contributed by atoms with E-state index in [1.54, 1.807) is 0 Å². The molecule has 1 saturated carbocycles. The van der Waals surface area contributed by atoms with Crippen LogP contribution < -0.4 is 0 Å². The molecule has 1 fully saturated rings. The van der Waals surface area contributed by atoms with Gasteiger partial charge in [0.05, 0.1) is 0 Å². The highest BCUT2D eigenvalue weighted by atomic mass is 16.1. The molecule has 0 saturated heterocycles. The molecule has 0 amide bonds. The molecule has 33 heavy (non-hydrogen) atoms. The third kappa shape index (κ3) is 8.08. The summed E-state index contributed by atoms with van der Waals surface area (Å²) in [6, 6.07) is 0. The van der Waals surface area contributed by atoms with Crippen LogP contribution in [-0.4, -0.2) is 11.6 Å². The topological polar surface area (TPSA) is 34.1 Å². The number of Topliss-reactive ketones (excluding diaryl/α,β-unsaturated/α-hetero) is 1.